The van der Waals surface area contributed by atoms with Crippen LogP contribution >= 0.6 is 43.6 Å². The highest BCUT2D eigenvalue weighted by atomic mass is 79.9. The minimum atomic E-state index is -0.454. The van der Waals surface area contributed by atoms with E-state index >= 15 is 0 Å². The number of nitrogens with one attached hydrogen (secondary N) is 1. The molecule has 1 N–H and O–H groups in total. The van der Waals surface area contributed by atoms with Gasteiger partial charge in [0.25, 0.3) is 11.5 Å². The Kier molecular flexibility index (Phi) is 7.36. The fraction of sp³-hybridized carbons (Fsp3) is 0.0435. The zero-order valence-electron chi connectivity index (χ0n) is 16.8. The molecule has 0 saturated heterocycles. The summed E-state index contributed by atoms with van der Waals surface area (Å²) in [5.41, 5.74) is 3.55. The van der Waals surface area contributed by atoms with Gasteiger partial charge in [0.2, 0.25) is 0 Å². The highest BCUT2D eigenvalue weighted by molar-refractivity contribution is 9.10. The molecule has 4 aromatic rings. The third-order valence-electron chi connectivity index (χ3n) is 4.51. The minimum Gasteiger partial charge on any atom is -0.272 e. The first-order valence-corrected chi connectivity index (χ1v) is 12.2. The van der Waals surface area contributed by atoms with Crippen molar-refractivity contribution >= 4 is 66.6 Å². The topological polar surface area (TPSA) is 76.3 Å². The first-order chi connectivity index (χ1) is 15.9. The molecule has 0 atom stereocenters. The normalized spacial score (nSPS) is 11.2. The number of fused-ring (bicyclic) bond motifs is 1. The fourth-order valence-electron chi connectivity index (χ4n) is 2.98. The molecule has 1 amide bonds. The van der Waals surface area contributed by atoms with Gasteiger partial charge in [0.1, 0.15) is 5.82 Å². The van der Waals surface area contributed by atoms with Gasteiger partial charge in [-0.05, 0) is 54.6 Å². The Labute approximate surface area is 209 Å². The van der Waals surface area contributed by atoms with Gasteiger partial charge in [0.15, 0.2) is 5.16 Å². The summed E-state index contributed by atoms with van der Waals surface area (Å²) in [5, 5.41) is 4.68. The number of nitrogens with zero attached hydrogens (tertiary/aromatic N) is 3. The molecule has 0 bridgehead atoms. The lowest BCUT2D eigenvalue weighted by atomic mass is 10.2. The van der Waals surface area contributed by atoms with Crippen molar-refractivity contribution in [2.24, 2.45) is 5.10 Å². The molecule has 0 radical (unpaired) electrons. The molecule has 0 aliphatic carbocycles. The standard InChI is InChI=1S/C23H15Br2FN4O2S/c24-15-5-8-17(9-6-15)30-22(32)18-3-1-2-4-20(18)28-23(30)33-13-21(31)29-27-12-14-11-16(25)7-10-19(14)26/h1-12H,13H2,(H,29,31). The van der Waals surface area contributed by atoms with Crippen LogP contribution in [0.2, 0.25) is 0 Å². The summed E-state index contributed by atoms with van der Waals surface area (Å²) >= 11 is 7.77. The van der Waals surface area contributed by atoms with Crippen molar-refractivity contribution in [2.45, 2.75) is 5.16 Å². The number of hydrogen-bond donors (Lipinski definition) is 1. The molecule has 166 valence electrons. The summed E-state index contributed by atoms with van der Waals surface area (Å²) in [5.74, 6) is -0.916. The van der Waals surface area contributed by atoms with E-state index in [-0.39, 0.29) is 16.9 Å². The summed E-state index contributed by atoms with van der Waals surface area (Å²) in [6.45, 7) is 0. The Morgan fingerprint density at radius 1 is 1.09 bits per heavy atom. The molecule has 1 heterocycles. The second kappa shape index (κ2) is 10.4. The van der Waals surface area contributed by atoms with Gasteiger partial charge in [0, 0.05) is 14.5 Å². The van der Waals surface area contributed by atoms with Crippen LogP contribution in [0.5, 0.6) is 0 Å². The Hall–Kier alpha value is -2.82. The number of aromatic nitrogens is 2. The van der Waals surface area contributed by atoms with Gasteiger partial charge < -0.3 is 0 Å². The number of amides is 1. The average Bonchev–Trinajstić information content (AvgIpc) is 2.81. The monoisotopic (exact) mass is 588 g/mol. The summed E-state index contributed by atoms with van der Waals surface area (Å²) in [4.78, 5) is 30.1. The maximum absolute atomic E-state index is 13.8. The molecule has 3 aromatic carbocycles. The molecule has 0 saturated carbocycles. The van der Waals surface area contributed by atoms with Crippen molar-refractivity contribution in [3.63, 3.8) is 0 Å². The fourth-order valence-corrected chi connectivity index (χ4v) is 4.42. The second-order valence-electron chi connectivity index (χ2n) is 6.78. The quantitative estimate of drug-likeness (QED) is 0.143. The second-order valence-corrected chi connectivity index (χ2v) is 9.55. The molecular formula is C23H15Br2FN4O2S. The molecule has 10 heteroatoms. The summed E-state index contributed by atoms with van der Waals surface area (Å²) < 4.78 is 16.8. The smallest absolute Gasteiger partial charge is 0.266 e. The molecule has 0 aliphatic heterocycles. The van der Waals surface area contributed by atoms with Gasteiger partial charge in [-0.1, -0.05) is 55.8 Å². The Bertz CT molecular complexity index is 1420. The number of halogens is 3. The van der Waals surface area contributed by atoms with Crippen molar-refractivity contribution in [3.05, 3.63) is 97.4 Å². The van der Waals surface area contributed by atoms with E-state index in [4.69, 9.17) is 0 Å². The minimum absolute atomic E-state index is 0.0420. The number of benzene rings is 3. The van der Waals surface area contributed by atoms with Crippen LogP contribution in [-0.4, -0.2) is 27.4 Å². The van der Waals surface area contributed by atoms with Crippen molar-refractivity contribution in [1.29, 1.82) is 0 Å². The molecule has 0 fully saturated rings. The Morgan fingerprint density at radius 2 is 1.82 bits per heavy atom. The summed E-state index contributed by atoms with van der Waals surface area (Å²) in [7, 11) is 0. The van der Waals surface area contributed by atoms with E-state index in [0.717, 1.165) is 16.2 Å². The zero-order valence-corrected chi connectivity index (χ0v) is 20.8. The van der Waals surface area contributed by atoms with Crippen LogP contribution in [-0.2, 0) is 4.79 Å². The predicted molar refractivity (Wildman–Crippen MR) is 136 cm³/mol. The maximum Gasteiger partial charge on any atom is 0.266 e. The van der Waals surface area contributed by atoms with Crippen molar-refractivity contribution in [3.8, 4) is 5.69 Å². The van der Waals surface area contributed by atoms with Crippen LogP contribution in [0.1, 0.15) is 5.56 Å². The summed E-state index contributed by atoms with van der Waals surface area (Å²) in [6, 6.07) is 18.7. The number of para-hydroxylation sites is 1. The van der Waals surface area contributed by atoms with Gasteiger partial charge in [-0.25, -0.2) is 14.8 Å². The van der Waals surface area contributed by atoms with E-state index in [1.807, 2.05) is 12.1 Å². The largest absolute Gasteiger partial charge is 0.272 e. The Balaban J connectivity index is 1.56. The van der Waals surface area contributed by atoms with E-state index in [2.05, 4.69) is 47.4 Å². The highest BCUT2D eigenvalue weighted by Gasteiger charge is 2.14. The number of hydrazone groups is 1. The highest BCUT2D eigenvalue weighted by Crippen LogP contribution is 2.22. The molecule has 0 unspecified atom stereocenters. The third kappa shape index (κ3) is 5.58. The van der Waals surface area contributed by atoms with Crippen LogP contribution in [0, 0.1) is 5.82 Å². The van der Waals surface area contributed by atoms with Crippen LogP contribution in [0.4, 0.5) is 4.39 Å². The van der Waals surface area contributed by atoms with Crippen LogP contribution in [0.15, 0.2) is 90.7 Å². The zero-order chi connectivity index (χ0) is 23.4. The maximum atomic E-state index is 13.8. The lowest BCUT2D eigenvalue weighted by Crippen LogP contribution is -2.24. The molecule has 33 heavy (non-hydrogen) atoms. The number of hydrogen-bond acceptors (Lipinski definition) is 5. The van der Waals surface area contributed by atoms with E-state index < -0.39 is 11.7 Å². The molecule has 6 nitrogen and oxygen atoms in total. The van der Waals surface area contributed by atoms with Crippen LogP contribution < -0.4 is 11.0 Å². The van der Waals surface area contributed by atoms with E-state index in [9.17, 15) is 14.0 Å². The number of thioether (sulfide) groups is 1. The average molecular weight is 590 g/mol. The van der Waals surface area contributed by atoms with Crippen LogP contribution in [0.25, 0.3) is 16.6 Å². The van der Waals surface area contributed by atoms with Crippen molar-refractivity contribution < 1.29 is 9.18 Å². The molecule has 0 aliphatic rings. The molecular weight excluding hydrogens is 575 g/mol. The third-order valence-corrected chi connectivity index (χ3v) is 6.47. The van der Waals surface area contributed by atoms with E-state index in [1.165, 1.54) is 16.8 Å². The lowest BCUT2D eigenvalue weighted by molar-refractivity contribution is -0.118. The summed E-state index contributed by atoms with van der Waals surface area (Å²) in [6.07, 6.45) is 1.23. The first-order valence-electron chi connectivity index (χ1n) is 9.60. The molecule has 1 aromatic heterocycles. The SMILES string of the molecule is O=C(CSc1nc2ccccc2c(=O)n1-c1ccc(Br)cc1)NN=Cc1cc(Br)ccc1F. The lowest BCUT2D eigenvalue weighted by Gasteiger charge is -2.13. The molecule has 0 spiro atoms. The van der Waals surface area contributed by atoms with E-state index in [0.29, 0.717) is 26.2 Å². The Morgan fingerprint density at radius 3 is 2.61 bits per heavy atom. The number of rotatable bonds is 6. The van der Waals surface area contributed by atoms with Gasteiger partial charge in [0.05, 0.1) is 28.6 Å². The predicted octanol–water partition coefficient (Wildman–Crippen LogP) is 5.29. The van der Waals surface area contributed by atoms with Crippen molar-refractivity contribution in [1.82, 2.24) is 15.0 Å². The van der Waals surface area contributed by atoms with Gasteiger partial charge >= 0.3 is 0 Å². The van der Waals surface area contributed by atoms with Gasteiger partial charge in [-0.3, -0.25) is 14.2 Å². The number of carbonyl (C=O) groups excluding carboxylic acids is 1. The van der Waals surface area contributed by atoms with Gasteiger partial charge in [-0.15, -0.1) is 0 Å². The van der Waals surface area contributed by atoms with Crippen molar-refractivity contribution in [2.75, 3.05) is 5.75 Å². The number of carbonyl (C=O) groups is 1. The van der Waals surface area contributed by atoms with Crippen LogP contribution in [0.3, 0.4) is 0 Å². The first kappa shape index (κ1) is 23.3. The van der Waals surface area contributed by atoms with Gasteiger partial charge in [-0.2, -0.15) is 5.10 Å². The van der Waals surface area contributed by atoms with E-state index in [1.54, 1.807) is 48.5 Å². The molecule has 4 rings (SSSR count).